The van der Waals surface area contributed by atoms with Crippen molar-refractivity contribution in [2.45, 2.75) is 13.5 Å². The molecule has 0 unspecified atom stereocenters. The van der Waals surface area contributed by atoms with Gasteiger partial charge in [-0.3, -0.25) is 10.1 Å². The maximum absolute atomic E-state index is 13.4. The fraction of sp³-hybridized carbons (Fsp3) is 0.143. The summed E-state index contributed by atoms with van der Waals surface area (Å²) in [7, 11) is 0. The second kappa shape index (κ2) is 5.48. The fourth-order valence-electron chi connectivity index (χ4n) is 1.58. The molecule has 0 saturated carbocycles. The number of nitro benzene ring substituents is 1. The Hall–Kier alpha value is -2.43. The topological polar surface area (TPSA) is 52.4 Å². The smallest absolute Gasteiger partial charge is 0.305 e. The molecule has 5 heteroatoms. The summed E-state index contributed by atoms with van der Waals surface area (Å²) in [6.45, 7) is 2.27. The van der Waals surface area contributed by atoms with Gasteiger partial charge in [-0.15, -0.1) is 0 Å². The maximum Gasteiger partial charge on any atom is 0.305 e. The Kier molecular flexibility index (Phi) is 3.75. The van der Waals surface area contributed by atoms with Gasteiger partial charge in [0.05, 0.1) is 4.92 Å². The van der Waals surface area contributed by atoms with Crippen LogP contribution in [0.2, 0.25) is 0 Å². The molecule has 0 heterocycles. The molecule has 19 heavy (non-hydrogen) atoms. The monoisotopic (exact) mass is 261 g/mol. The van der Waals surface area contributed by atoms with E-state index in [1.165, 1.54) is 6.07 Å². The van der Waals surface area contributed by atoms with Crippen LogP contribution in [0.3, 0.4) is 0 Å². The highest BCUT2D eigenvalue weighted by molar-refractivity contribution is 5.38. The van der Waals surface area contributed by atoms with Crippen LogP contribution in [-0.4, -0.2) is 4.92 Å². The van der Waals surface area contributed by atoms with Gasteiger partial charge in [-0.1, -0.05) is 29.8 Å². The first-order valence-electron chi connectivity index (χ1n) is 5.68. The molecule has 4 nitrogen and oxygen atoms in total. The Morgan fingerprint density at radius 1 is 1.21 bits per heavy atom. The number of halogens is 1. The largest absolute Gasteiger partial charge is 0.489 e. The van der Waals surface area contributed by atoms with Crippen LogP contribution in [0.1, 0.15) is 11.1 Å². The van der Waals surface area contributed by atoms with Crippen LogP contribution in [0, 0.1) is 22.9 Å². The van der Waals surface area contributed by atoms with Crippen LogP contribution in [0.15, 0.2) is 42.5 Å². The number of rotatable bonds is 4. The third-order valence-corrected chi connectivity index (χ3v) is 2.64. The Labute approximate surface area is 109 Å². The molecule has 0 aliphatic heterocycles. The molecular weight excluding hydrogens is 249 g/mol. The zero-order chi connectivity index (χ0) is 13.8. The molecule has 2 rings (SSSR count). The van der Waals surface area contributed by atoms with Crippen molar-refractivity contribution in [2.24, 2.45) is 0 Å². The van der Waals surface area contributed by atoms with E-state index in [-0.39, 0.29) is 12.4 Å². The molecule has 0 saturated heterocycles. The van der Waals surface area contributed by atoms with Crippen molar-refractivity contribution in [2.75, 3.05) is 0 Å². The van der Waals surface area contributed by atoms with Crippen LogP contribution >= 0.6 is 0 Å². The minimum absolute atomic E-state index is 0.267. The molecule has 98 valence electrons. The van der Waals surface area contributed by atoms with Crippen molar-refractivity contribution >= 4 is 5.69 Å². The molecule has 2 aromatic rings. The van der Waals surface area contributed by atoms with Gasteiger partial charge >= 0.3 is 5.69 Å². The van der Waals surface area contributed by atoms with E-state index >= 15 is 0 Å². The lowest BCUT2D eigenvalue weighted by atomic mass is 10.2. The Morgan fingerprint density at radius 2 is 1.89 bits per heavy atom. The number of aryl methyl sites for hydroxylation is 1. The summed E-state index contributed by atoms with van der Waals surface area (Å²) in [5.41, 5.74) is 1.54. The second-order valence-corrected chi connectivity index (χ2v) is 4.14. The third-order valence-electron chi connectivity index (χ3n) is 2.64. The highest BCUT2D eigenvalue weighted by atomic mass is 19.1. The van der Waals surface area contributed by atoms with Crippen molar-refractivity contribution in [3.05, 3.63) is 69.5 Å². The first-order valence-corrected chi connectivity index (χ1v) is 5.68. The van der Waals surface area contributed by atoms with E-state index in [0.29, 0.717) is 0 Å². The van der Waals surface area contributed by atoms with Crippen molar-refractivity contribution in [3.8, 4) is 5.75 Å². The minimum atomic E-state index is -0.897. The van der Waals surface area contributed by atoms with Gasteiger partial charge in [-0.25, -0.2) is 0 Å². The Balaban J connectivity index is 2.06. The summed E-state index contributed by atoms with van der Waals surface area (Å²) in [6, 6.07) is 11.2. The average Bonchev–Trinajstić information content (AvgIpc) is 2.37. The normalized spacial score (nSPS) is 10.2. The molecule has 0 N–H and O–H groups in total. The van der Waals surface area contributed by atoms with Gasteiger partial charge in [0.2, 0.25) is 5.82 Å². The lowest BCUT2D eigenvalue weighted by Crippen LogP contribution is -1.97. The van der Waals surface area contributed by atoms with E-state index in [1.54, 1.807) is 0 Å². The predicted octanol–water partition coefficient (Wildman–Crippen LogP) is 3.62. The standard InChI is InChI=1S/C14H12FNO3/c1-10-2-4-11(5-3-10)9-19-12-6-7-14(16(17)18)13(15)8-12/h2-8H,9H2,1H3. The van der Waals surface area contributed by atoms with Crippen LogP contribution < -0.4 is 4.74 Å². The molecule has 0 spiro atoms. The van der Waals surface area contributed by atoms with Crippen LogP contribution in [0.25, 0.3) is 0 Å². The first-order chi connectivity index (χ1) is 9.06. The van der Waals surface area contributed by atoms with Gasteiger partial charge in [0.15, 0.2) is 0 Å². The zero-order valence-electron chi connectivity index (χ0n) is 10.3. The van der Waals surface area contributed by atoms with Crippen LogP contribution in [0.5, 0.6) is 5.75 Å². The Morgan fingerprint density at radius 3 is 2.47 bits per heavy atom. The maximum atomic E-state index is 13.4. The van der Waals surface area contributed by atoms with Crippen molar-refractivity contribution in [1.29, 1.82) is 0 Å². The Bertz CT molecular complexity index is 596. The summed E-state index contributed by atoms with van der Waals surface area (Å²) < 4.78 is 18.7. The summed E-state index contributed by atoms with van der Waals surface area (Å²) >= 11 is 0. The molecule has 0 radical (unpaired) electrons. The first kappa shape index (κ1) is 13.0. The minimum Gasteiger partial charge on any atom is -0.489 e. The van der Waals surface area contributed by atoms with Gasteiger partial charge in [-0.05, 0) is 18.6 Å². The molecule has 0 fully saturated rings. The molecule has 0 aromatic heterocycles. The molecule has 0 amide bonds. The summed E-state index contributed by atoms with van der Waals surface area (Å²) in [5.74, 6) is -0.630. The summed E-state index contributed by atoms with van der Waals surface area (Å²) in [4.78, 5) is 9.70. The van der Waals surface area contributed by atoms with E-state index in [2.05, 4.69) is 0 Å². The van der Waals surface area contributed by atoms with E-state index < -0.39 is 16.4 Å². The lowest BCUT2D eigenvalue weighted by Gasteiger charge is -2.06. The highest BCUT2D eigenvalue weighted by Gasteiger charge is 2.14. The number of hydrogen-bond acceptors (Lipinski definition) is 3. The highest BCUT2D eigenvalue weighted by Crippen LogP contribution is 2.23. The van der Waals surface area contributed by atoms with E-state index in [9.17, 15) is 14.5 Å². The van der Waals surface area contributed by atoms with Gasteiger partial charge in [0, 0.05) is 12.1 Å². The molecule has 0 aliphatic rings. The van der Waals surface area contributed by atoms with Crippen molar-refractivity contribution in [3.63, 3.8) is 0 Å². The van der Waals surface area contributed by atoms with Crippen LogP contribution in [0.4, 0.5) is 10.1 Å². The summed E-state index contributed by atoms with van der Waals surface area (Å²) in [6.07, 6.45) is 0. The number of benzene rings is 2. The van der Waals surface area contributed by atoms with E-state index in [4.69, 9.17) is 4.74 Å². The molecule has 0 atom stereocenters. The number of nitrogens with zero attached hydrogens (tertiary/aromatic N) is 1. The molecule has 0 bridgehead atoms. The molecule has 0 aliphatic carbocycles. The SMILES string of the molecule is Cc1ccc(COc2ccc([N+](=O)[O-])c(F)c2)cc1. The van der Waals surface area contributed by atoms with Gasteiger partial charge in [0.1, 0.15) is 12.4 Å². The van der Waals surface area contributed by atoms with E-state index in [0.717, 1.165) is 23.3 Å². The fourth-order valence-corrected chi connectivity index (χ4v) is 1.58. The second-order valence-electron chi connectivity index (χ2n) is 4.14. The van der Waals surface area contributed by atoms with Gasteiger partial charge in [0.25, 0.3) is 0 Å². The quantitative estimate of drug-likeness (QED) is 0.624. The van der Waals surface area contributed by atoms with Gasteiger partial charge < -0.3 is 4.74 Å². The predicted molar refractivity (Wildman–Crippen MR) is 68.6 cm³/mol. The third kappa shape index (κ3) is 3.28. The molecule has 2 aromatic carbocycles. The number of nitro groups is 1. The summed E-state index contributed by atoms with van der Waals surface area (Å²) in [5, 5.41) is 10.5. The lowest BCUT2D eigenvalue weighted by molar-refractivity contribution is -0.387. The van der Waals surface area contributed by atoms with E-state index in [1.807, 2.05) is 31.2 Å². The molecular formula is C14H12FNO3. The van der Waals surface area contributed by atoms with Crippen molar-refractivity contribution < 1.29 is 14.1 Å². The van der Waals surface area contributed by atoms with Crippen molar-refractivity contribution in [1.82, 2.24) is 0 Å². The van der Waals surface area contributed by atoms with Gasteiger partial charge in [-0.2, -0.15) is 4.39 Å². The number of hydrogen-bond donors (Lipinski definition) is 0. The van der Waals surface area contributed by atoms with Crippen LogP contribution in [-0.2, 0) is 6.61 Å². The average molecular weight is 261 g/mol. The zero-order valence-corrected chi connectivity index (χ0v) is 10.3. The number of ether oxygens (including phenoxy) is 1.